The summed E-state index contributed by atoms with van der Waals surface area (Å²) in [5.41, 5.74) is 2.97. The number of ether oxygens (including phenoxy) is 1. The second kappa shape index (κ2) is 10.1. The maximum atomic E-state index is 13.5. The van der Waals surface area contributed by atoms with Crippen molar-refractivity contribution in [3.8, 4) is 0 Å². The lowest BCUT2D eigenvalue weighted by atomic mass is 10.1. The second-order valence-electron chi connectivity index (χ2n) is 7.94. The van der Waals surface area contributed by atoms with Crippen molar-refractivity contribution in [3.63, 3.8) is 0 Å². The summed E-state index contributed by atoms with van der Waals surface area (Å²) in [4.78, 5) is 34.0. The van der Waals surface area contributed by atoms with Crippen molar-refractivity contribution in [1.82, 2.24) is 9.88 Å². The molecule has 0 spiro atoms. The van der Waals surface area contributed by atoms with Crippen LogP contribution >= 0.6 is 22.9 Å². The molecule has 1 fully saturated rings. The predicted octanol–water partition coefficient (Wildman–Crippen LogP) is 4.83. The molecule has 1 aromatic heterocycles. The zero-order chi connectivity index (χ0) is 22.7. The van der Waals surface area contributed by atoms with Crippen LogP contribution in [0.1, 0.15) is 39.6 Å². The van der Waals surface area contributed by atoms with Crippen molar-refractivity contribution < 1.29 is 14.3 Å². The monoisotopic (exact) mass is 471 g/mol. The van der Waals surface area contributed by atoms with Gasteiger partial charge >= 0.3 is 0 Å². The maximum Gasteiger partial charge on any atom is 0.260 e. The molecule has 1 amide bonds. The highest BCUT2D eigenvalue weighted by molar-refractivity contribution is 7.23. The van der Waals surface area contributed by atoms with Crippen LogP contribution in [-0.2, 0) is 4.74 Å². The molecule has 1 aliphatic rings. The van der Waals surface area contributed by atoms with E-state index in [0.29, 0.717) is 27.8 Å². The van der Waals surface area contributed by atoms with Gasteiger partial charge in [0.05, 0.1) is 28.5 Å². The smallest absolute Gasteiger partial charge is 0.260 e. The molecule has 3 aromatic rings. The summed E-state index contributed by atoms with van der Waals surface area (Å²) >= 11 is 7.85. The normalized spacial score (nSPS) is 14.6. The van der Waals surface area contributed by atoms with E-state index in [1.807, 2.05) is 19.1 Å². The number of morpholine rings is 1. The third kappa shape index (κ3) is 5.02. The van der Waals surface area contributed by atoms with E-state index in [2.05, 4.69) is 4.90 Å². The molecule has 8 heteroatoms. The minimum Gasteiger partial charge on any atom is -0.379 e. The first-order chi connectivity index (χ1) is 15.4. The van der Waals surface area contributed by atoms with E-state index >= 15 is 0 Å². The molecule has 0 bridgehead atoms. The first-order valence-electron chi connectivity index (χ1n) is 10.7. The molecule has 0 saturated carbocycles. The number of rotatable bonds is 7. The minimum atomic E-state index is -0.130. The summed E-state index contributed by atoms with van der Waals surface area (Å²) in [6.45, 7) is 8.27. The zero-order valence-electron chi connectivity index (χ0n) is 18.3. The van der Waals surface area contributed by atoms with Crippen LogP contribution in [0.3, 0.4) is 0 Å². The van der Waals surface area contributed by atoms with Crippen molar-refractivity contribution in [1.29, 1.82) is 0 Å². The minimum absolute atomic E-state index is 0.0253. The fraction of sp³-hybridized carbons (Fsp3) is 0.375. The summed E-state index contributed by atoms with van der Waals surface area (Å²) in [5.74, 6) is -0.155. The standard InChI is InChI=1S/C24H26ClN3O3S/c1-16-4-9-20(25)22-21(16)26-24(32-22)28(11-3-10-27-12-14-31-15-13-27)23(30)19-7-5-18(6-8-19)17(2)29/h4-9H,3,10-15H2,1-2H3. The van der Waals surface area contributed by atoms with Crippen molar-refractivity contribution in [2.75, 3.05) is 44.3 Å². The van der Waals surface area contributed by atoms with Crippen LogP contribution in [0.25, 0.3) is 10.2 Å². The van der Waals surface area contributed by atoms with Crippen molar-refractivity contribution >= 4 is 50.0 Å². The summed E-state index contributed by atoms with van der Waals surface area (Å²) in [6, 6.07) is 10.6. The van der Waals surface area contributed by atoms with Crippen molar-refractivity contribution in [3.05, 3.63) is 58.1 Å². The third-order valence-corrected chi connectivity index (χ3v) is 7.20. The average molecular weight is 472 g/mol. The highest BCUT2D eigenvalue weighted by Gasteiger charge is 2.23. The second-order valence-corrected chi connectivity index (χ2v) is 9.32. The largest absolute Gasteiger partial charge is 0.379 e. The molecule has 0 aliphatic carbocycles. The molecule has 2 heterocycles. The van der Waals surface area contributed by atoms with Crippen molar-refractivity contribution in [2.24, 2.45) is 0 Å². The van der Waals surface area contributed by atoms with E-state index < -0.39 is 0 Å². The van der Waals surface area contributed by atoms with Gasteiger partial charge in [-0.15, -0.1) is 0 Å². The predicted molar refractivity (Wildman–Crippen MR) is 129 cm³/mol. The zero-order valence-corrected chi connectivity index (χ0v) is 19.8. The fourth-order valence-electron chi connectivity index (χ4n) is 3.77. The highest BCUT2D eigenvalue weighted by Crippen LogP contribution is 2.36. The number of hydrogen-bond acceptors (Lipinski definition) is 6. The Balaban J connectivity index is 1.61. The van der Waals surface area contributed by atoms with Gasteiger partial charge in [-0.05, 0) is 44.0 Å². The molecule has 32 heavy (non-hydrogen) atoms. The molecule has 6 nitrogen and oxygen atoms in total. The van der Waals surface area contributed by atoms with Gasteiger partial charge in [-0.2, -0.15) is 0 Å². The van der Waals surface area contributed by atoms with Gasteiger partial charge in [0.1, 0.15) is 0 Å². The number of aromatic nitrogens is 1. The Bertz CT molecular complexity index is 1080. The first-order valence-corrected chi connectivity index (χ1v) is 11.9. The maximum absolute atomic E-state index is 13.5. The summed E-state index contributed by atoms with van der Waals surface area (Å²) in [5, 5.41) is 1.28. The SMILES string of the molecule is CC(=O)c1ccc(C(=O)N(CCCN2CCOCC2)c2nc3c(C)ccc(Cl)c3s2)cc1. The van der Waals surface area contributed by atoms with Gasteiger partial charge in [0.2, 0.25) is 0 Å². The molecule has 168 valence electrons. The van der Waals surface area contributed by atoms with Crippen LogP contribution in [0.15, 0.2) is 36.4 Å². The molecule has 1 aliphatic heterocycles. The average Bonchev–Trinajstić information content (AvgIpc) is 3.26. The van der Waals surface area contributed by atoms with E-state index in [-0.39, 0.29) is 11.7 Å². The Morgan fingerprint density at radius 3 is 2.47 bits per heavy atom. The third-order valence-electron chi connectivity index (χ3n) is 5.66. The Morgan fingerprint density at radius 2 is 1.81 bits per heavy atom. The van der Waals surface area contributed by atoms with Crippen LogP contribution in [0, 0.1) is 6.92 Å². The van der Waals surface area contributed by atoms with E-state index in [4.69, 9.17) is 21.3 Å². The number of anilines is 1. The number of halogens is 1. The van der Waals surface area contributed by atoms with E-state index in [1.54, 1.807) is 29.2 Å². The lowest BCUT2D eigenvalue weighted by molar-refractivity contribution is 0.0376. The number of carbonyl (C=O) groups is 2. The quantitative estimate of drug-likeness (QED) is 0.462. The van der Waals surface area contributed by atoms with Crippen LogP contribution in [0.5, 0.6) is 0 Å². The Labute approximate surface area is 196 Å². The molecule has 0 radical (unpaired) electrons. The summed E-state index contributed by atoms with van der Waals surface area (Å²) in [7, 11) is 0. The van der Waals surface area contributed by atoms with E-state index in [9.17, 15) is 9.59 Å². The Morgan fingerprint density at radius 1 is 1.12 bits per heavy atom. The molecule has 0 unspecified atom stereocenters. The number of hydrogen-bond donors (Lipinski definition) is 0. The summed E-state index contributed by atoms with van der Waals surface area (Å²) in [6.07, 6.45) is 0.819. The van der Waals surface area contributed by atoms with Gasteiger partial charge in [0, 0.05) is 37.3 Å². The van der Waals surface area contributed by atoms with Gasteiger partial charge in [-0.3, -0.25) is 19.4 Å². The molecule has 1 saturated heterocycles. The number of thiazole rings is 1. The van der Waals surface area contributed by atoms with Gasteiger partial charge in [-0.1, -0.05) is 41.1 Å². The molecule has 0 N–H and O–H groups in total. The van der Waals surface area contributed by atoms with Gasteiger partial charge < -0.3 is 4.74 Å². The van der Waals surface area contributed by atoms with Gasteiger partial charge in [-0.25, -0.2) is 4.98 Å². The molecule has 4 rings (SSSR count). The Hall–Kier alpha value is -2.32. The number of fused-ring (bicyclic) bond motifs is 1. The molecular formula is C24H26ClN3O3S. The summed E-state index contributed by atoms with van der Waals surface area (Å²) < 4.78 is 6.31. The molecule has 2 aromatic carbocycles. The number of aryl methyl sites for hydroxylation is 1. The van der Waals surface area contributed by atoms with Crippen LogP contribution in [-0.4, -0.2) is 61.0 Å². The number of carbonyl (C=O) groups excluding carboxylic acids is 2. The molecular weight excluding hydrogens is 446 g/mol. The van der Waals surface area contributed by atoms with Crippen LogP contribution in [0.2, 0.25) is 5.02 Å². The number of benzene rings is 2. The van der Waals surface area contributed by atoms with Gasteiger partial charge in [0.15, 0.2) is 10.9 Å². The lowest BCUT2D eigenvalue weighted by Crippen LogP contribution is -2.39. The van der Waals surface area contributed by atoms with E-state index in [1.165, 1.54) is 18.3 Å². The fourth-order valence-corrected chi connectivity index (χ4v) is 5.11. The first kappa shape index (κ1) is 22.9. The topological polar surface area (TPSA) is 62.7 Å². The van der Waals surface area contributed by atoms with E-state index in [0.717, 1.165) is 55.0 Å². The number of ketones is 1. The molecule has 0 atom stereocenters. The number of amides is 1. The van der Waals surface area contributed by atoms with Crippen LogP contribution < -0.4 is 4.90 Å². The van der Waals surface area contributed by atoms with Crippen LogP contribution in [0.4, 0.5) is 5.13 Å². The number of nitrogens with zero attached hydrogens (tertiary/aromatic N) is 3. The number of Topliss-reactive ketones (excluding diaryl/α,β-unsaturated/α-hetero) is 1. The van der Waals surface area contributed by atoms with Gasteiger partial charge in [0.25, 0.3) is 5.91 Å². The van der Waals surface area contributed by atoms with Crippen molar-refractivity contribution in [2.45, 2.75) is 20.3 Å². The highest BCUT2D eigenvalue weighted by atomic mass is 35.5. The lowest BCUT2D eigenvalue weighted by Gasteiger charge is -2.27. The Kier molecular flexibility index (Phi) is 7.20.